The Morgan fingerprint density at radius 2 is 2.06 bits per heavy atom. The highest BCUT2D eigenvalue weighted by Gasteiger charge is 2.31. The fraction of sp³-hybridized carbons (Fsp3) is 0.917. The summed E-state index contributed by atoms with van der Waals surface area (Å²) in [6.45, 7) is 6.56. The van der Waals surface area contributed by atoms with Gasteiger partial charge in [-0.3, -0.25) is 4.79 Å². The van der Waals surface area contributed by atoms with Crippen LogP contribution in [0.25, 0.3) is 0 Å². The molecule has 1 atom stereocenters. The number of ether oxygens (including phenoxy) is 1. The molecule has 1 amide bonds. The van der Waals surface area contributed by atoms with Gasteiger partial charge in [-0.25, -0.2) is 0 Å². The van der Waals surface area contributed by atoms with Crippen molar-refractivity contribution in [3.63, 3.8) is 0 Å². The van der Waals surface area contributed by atoms with Crippen molar-refractivity contribution in [1.82, 2.24) is 4.90 Å². The zero-order valence-corrected chi connectivity index (χ0v) is 10.7. The molecule has 0 aromatic rings. The number of rotatable bonds is 4. The Kier molecular flexibility index (Phi) is 4.74. The maximum atomic E-state index is 11.8. The van der Waals surface area contributed by atoms with Crippen molar-refractivity contribution < 1.29 is 9.53 Å². The smallest absolute Gasteiger partial charge is 0.224 e. The molecule has 1 aliphatic rings. The van der Waals surface area contributed by atoms with Crippen molar-refractivity contribution in [2.45, 2.75) is 39.2 Å². The summed E-state index contributed by atoms with van der Waals surface area (Å²) < 4.78 is 5.22. The van der Waals surface area contributed by atoms with Gasteiger partial charge in [-0.15, -0.1) is 0 Å². The summed E-state index contributed by atoms with van der Waals surface area (Å²) in [5, 5.41) is 0. The molecule has 0 aromatic carbocycles. The van der Waals surface area contributed by atoms with Gasteiger partial charge < -0.3 is 15.4 Å². The average Bonchev–Trinajstić information content (AvgIpc) is 2.17. The molecule has 16 heavy (non-hydrogen) atoms. The molecule has 2 N–H and O–H groups in total. The first kappa shape index (κ1) is 13.5. The SMILES string of the molecule is COCC1(C)CCN(C(=O)CC(C)N)CC1. The highest BCUT2D eigenvalue weighted by Crippen LogP contribution is 2.31. The largest absolute Gasteiger partial charge is 0.384 e. The Bertz CT molecular complexity index is 233. The number of carbonyl (C=O) groups excluding carboxylic acids is 1. The zero-order valence-electron chi connectivity index (χ0n) is 10.7. The number of hydrogen-bond acceptors (Lipinski definition) is 3. The molecule has 0 spiro atoms. The van der Waals surface area contributed by atoms with E-state index in [-0.39, 0.29) is 17.4 Å². The molecule has 0 radical (unpaired) electrons. The minimum Gasteiger partial charge on any atom is -0.384 e. The molecule has 1 heterocycles. The van der Waals surface area contributed by atoms with Gasteiger partial charge in [0.25, 0.3) is 0 Å². The third-order valence-electron chi connectivity index (χ3n) is 3.31. The molecule has 1 rings (SSSR count). The van der Waals surface area contributed by atoms with E-state index < -0.39 is 0 Å². The van der Waals surface area contributed by atoms with E-state index in [0.29, 0.717) is 6.42 Å². The van der Waals surface area contributed by atoms with Gasteiger partial charge in [-0.2, -0.15) is 0 Å². The van der Waals surface area contributed by atoms with Crippen LogP contribution in [0.2, 0.25) is 0 Å². The number of amides is 1. The highest BCUT2D eigenvalue weighted by atomic mass is 16.5. The van der Waals surface area contributed by atoms with E-state index >= 15 is 0 Å². The Morgan fingerprint density at radius 3 is 2.50 bits per heavy atom. The second kappa shape index (κ2) is 5.64. The predicted molar refractivity (Wildman–Crippen MR) is 64.1 cm³/mol. The van der Waals surface area contributed by atoms with Crippen LogP contribution in [0.3, 0.4) is 0 Å². The minimum atomic E-state index is -0.0419. The lowest BCUT2D eigenvalue weighted by Crippen LogP contribution is -2.44. The van der Waals surface area contributed by atoms with Gasteiger partial charge in [0, 0.05) is 32.7 Å². The maximum absolute atomic E-state index is 11.8. The quantitative estimate of drug-likeness (QED) is 0.781. The summed E-state index contributed by atoms with van der Waals surface area (Å²) in [5.74, 6) is 0.189. The standard InChI is InChI=1S/C12H24N2O2/c1-10(13)8-11(15)14-6-4-12(2,5-7-14)9-16-3/h10H,4-9,13H2,1-3H3. The molecule has 0 aliphatic carbocycles. The molecule has 1 unspecified atom stereocenters. The van der Waals surface area contributed by atoms with Crippen molar-refractivity contribution in [2.24, 2.45) is 11.1 Å². The highest BCUT2D eigenvalue weighted by molar-refractivity contribution is 5.76. The van der Waals surface area contributed by atoms with Gasteiger partial charge in [0.05, 0.1) is 6.61 Å². The third-order valence-corrected chi connectivity index (χ3v) is 3.31. The molecular formula is C12H24N2O2. The number of methoxy groups -OCH3 is 1. The molecule has 0 bridgehead atoms. The van der Waals surface area contributed by atoms with E-state index in [9.17, 15) is 4.79 Å². The molecule has 0 aromatic heterocycles. The van der Waals surface area contributed by atoms with Crippen LogP contribution < -0.4 is 5.73 Å². The molecular weight excluding hydrogens is 204 g/mol. The molecule has 4 nitrogen and oxygen atoms in total. The van der Waals surface area contributed by atoms with Crippen molar-refractivity contribution in [3.8, 4) is 0 Å². The lowest BCUT2D eigenvalue weighted by molar-refractivity contribution is -0.134. The Labute approximate surface area is 98.1 Å². The monoisotopic (exact) mass is 228 g/mol. The summed E-state index contributed by atoms with van der Waals surface area (Å²) in [7, 11) is 1.73. The van der Waals surface area contributed by atoms with E-state index in [2.05, 4.69) is 6.92 Å². The lowest BCUT2D eigenvalue weighted by atomic mass is 9.81. The number of nitrogens with two attached hydrogens (primary N) is 1. The first-order chi connectivity index (χ1) is 7.47. The topological polar surface area (TPSA) is 55.6 Å². The summed E-state index contributed by atoms with van der Waals surface area (Å²) in [6, 6.07) is -0.0419. The van der Waals surface area contributed by atoms with Gasteiger partial charge in [0.1, 0.15) is 0 Å². The molecule has 94 valence electrons. The van der Waals surface area contributed by atoms with E-state index in [1.165, 1.54) is 0 Å². The summed E-state index contributed by atoms with van der Waals surface area (Å²) in [5.41, 5.74) is 5.87. The van der Waals surface area contributed by atoms with Crippen molar-refractivity contribution in [1.29, 1.82) is 0 Å². The maximum Gasteiger partial charge on any atom is 0.224 e. The number of piperidine rings is 1. The summed E-state index contributed by atoms with van der Waals surface area (Å²) in [4.78, 5) is 13.7. The van der Waals surface area contributed by atoms with Crippen LogP contribution in [0.4, 0.5) is 0 Å². The molecule has 4 heteroatoms. The van der Waals surface area contributed by atoms with Crippen molar-refractivity contribution >= 4 is 5.91 Å². The van der Waals surface area contributed by atoms with Crippen LogP contribution >= 0.6 is 0 Å². The Hall–Kier alpha value is -0.610. The van der Waals surface area contributed by atoms with Gasteiger partial charge in [-0.05, 0) is 25.2 Å². The molecule has 1 aliphatic heterocycles. The third kappa shape index (κ3) is 3.76. The van der Waals surface area contributed by atoms with Crippen LogP contribution in [0.5, 0.6) is 0 Å². The van der Waals surface area contributed by atoms with E-state index in [4.69, 9.17) is 10.5 Å². The second-order valence-electron chi connectivity index (χ2n) is 5.31. The Balaban J connectivity index is 2.39. The second-order valence-corrected chi connectivity index (χ2v) is 5.31. The van der Waals surface area contributed by atoms with Crippen LogP contribution in [0.15, 0.2) is 0 Å². The fourth-order valence-corrected chi connectivity index (χ4v) is 2.19. The van der Waals surface area contributed by atoms with E-state index in [1.54, 1.807) is 7.11 Å². The number of nitrogens with zero attached hydrogens (tertiary/aromatic N) is 1. The summed E-state index contributed by atoms with van der Waals surface area (Å²) in [6.07, 6.45) is 2.50. The fourth-order valence-electron chi connectivity index (χ4n) is 2.19. The number of carbonyl (C=O) groups is 1. The van der Waals surface area contributed by atoms with Gasteiger partial charge in [0.15, 0.2) is 0 Å². The van der Waals surface area contributed by atoms with Crippen LogP contribution in [-0.4, -0.2) is 43.7 Å². The normalized spacial score (nSPS) is 21.9. The first-order valence-corrected chi connectivity index (χ1v) is 5.99. The zero-order chi connectivity index (χ0) is 12.2. The van der Waals surface area contributed by atoms with Crippen molar-refractivity contribution in [2.75, 3.05) is 26.8 Å². The average molecular weight is 228 g/mol. The Morgan fingerprint density at radius 1 is 1.50 bits per heavy atom. The lowest BCUT2D eigenvalue weighted by Gasteiger charge is -2.39. The van der Waals surface area contributed by atoms with E-state index in [0.717, 1.165) is 32.5 Å². The van der Waals surface area contributed by atoms with Gasteiger partial charge in [0.2, 0.25) is 5.91 Å². The molecule has 0 saturated carbocycles. The molecule has 1 fully saturated rings. The summed E-state index contributed by atoms with van der Waals surface area (Å²) >= 11 is 0. The number of likely N-dealkylation sites (tertiary alicyclic amines) is 1. The predicted octanol–water partition coefficient (Wildman–Crippen LogP) is 0.999. The van der Waals surface area contributed by atoms with Gasteiger partial charge >= 0.3 is 0 Å². The van der Waals surface area contributed by atoms with Crippen LogP contribution in [0, 0.1) is 5.41 Å². The number of hydrogen-bond donors (Lipinski definition) is 1. The first-order valence-electron chi connectivity index (χ1n) is 5.99. The van der Waals surface area contributed by atoms with E-state index in [1.807, 2.05) is 11.8 Å². The van der Waals surface area contributed by atoms with Crippen LogP contribution in [0.1, 0.15) is 33.1 Å². The minimum absolute atomic E-state index is 0.0419. The molecule has 1 saturated heterocycles. The van der Waals surface area contributed by atoms with Crippen molar-refractivity contribution in [3.05, 3.63) is 0 Å². The van der Waals surface area contributed by atoms with Crippen LogP contribution in [-0.2, 0) is 9.53 Å². The van der Waals surface area contributed by atoms with Gasteiger partial charge in [-0.1, -0.05) is 6.92 Å².